The molecule has 7 aromatic rings. The van der Waals surface area contributed by atoms with Crippen LogP contribution in [0, 0.1) is 0 Å². The van der Waals surface area contributed by atoms with Gasteiger partial charge in [0.05, 0.1) is 11.4 Å². The maximum absolute atomic E-state index is 2.43. The van der Waals surface area contributed by atoms with E-state index in [2.05, 4.69) is 146 Å². The lowest BCUT2D eigenvalue weighted by Crippen LogP contribution is -2.30. The first-order valence-corrected chi connectivity index (χ1v) is 14.3. The summed E-state index contributed by atoms with van der Waals surface area (Å²) in [5, 5.41) is 5.21. The summed E-state index contributed by atoms with van der Waals surface area (Å²) in [6, 6.07) is 46.9. The topological polar surface area (TPSA) is 3.24 Å². The number of nitrogens with zero attached hydrogens (tertiary/aromatic N) is 1. The number of fused-ring (bicyclic) bond motifs is 6. The van der Waals surface area contributed by atoms with Crippen molar-refractivity contribution < 1.29 is 0 Å². The van der Waals surface area contributed by atoms with Gasteiger partial charge in [0.1, 0.15) is 0 Å². The van der Waals surface area contributed by atoms with Gasteiger partial charge in [0, 0.05) is 31.3 Å². The van der Waals surface area contributed by atoms with Gasteiger partial charge in [0.25, 0.3) is 0 Å². The summed E-state index contributed by atoms with van der Waals surface area (Å²) in [4.78, 5) is 2.43. The first-order valence-electron chi connectivity index (χ1n) is 13.5. The zero-order chi connectivity index (χ0) is 26.1. The molecular formula is C37H27NS. The number of para-hydroxylation sites is 2. The number of anilines is 3. The summed E-state index contributed by atoms with van der Waals surface area (Å²) in [5.74, 6) is 0. The van der Waals surface area contributed by atoms with Crippen molar-refractivity contribution in [2.75, 3.05) is 4.90 Å². The molecule has 1 aromatic heterocycles. The summed E-state index contributed by atoms with van der Waals surface area (Å²) in [5.41, 5.74) is 8.93. The largest absolute Gasteiger partial charge is 0.310 e. The Balaban J connectivity index is 1.28. The molecule has 8 rings (SSSR count). The van der Waals surface area contributed by atoms with E-state index in [4.69, 9.17) is 0 Å². The third-order valence-electron chi connectivity index (χ3n) is 8.43. The molecule has 0 N–H and O–H groups in total. The Kier molecular flexibility index (Phi) is 4.80. The van der Waals surface area contributed by atoms with Crippen LogP contribution in [0.15, 0.2) is 127 Å². The minimum atomic E-state index is -0.0533. The molecule has 0 saturated carbocycles. The second-order valence-electron chi connectivity index (χ2n) is 11.0. The van der Waals surface area contributed by atoms with E-state index in [0.29, 0.717) is 0 Å². The maximum Gasteiger partial charge on any atom is 0.0502 e. The minimum absolute atomic E-state index is 0.0533. The van der Waals surface area contributed by atoms with E-state index >= 15 is 0 Å². The van der Waals surface area contributed by atoms with E-state index in [1.54, 1.807) is 0 Å². The van der Waals surface area contributed by atoms with Gasteiger partial charge in [-0.15, -0.1) is 11.3 Å². The zero-order valence-electron chi connectivity index (χ0n) is 22.0. The molecule has 0 saturated heterocycles. The van der Waals surface area contributed by atoms with E-state index in [0.717, 1.165) is 0 Å². The van der Waals surface area contributed by atoms with Crippen molar-refractivity contribution in [1.29, 1.82) is 0 Å². The quantitative estimate of drug-likeness (QED) is 0.220. The van der Waals surface area contributed by atoms with Crippen LogP contribution in [0.2, 0.25) is 0 Å². The Hall–Kier alpha value is -4.40. The van der Waals surface area contributed by atoms with Crippen LogP contribution in [0.5, 0.6) is 0 Å². The molecule has 0 fully saturated rings. The number of hydrogen-bond donors (Lipinski definition) is 0. The lowest BCUT2D eigenvalue weighted by Gasteiger charge is -2.42. The molecule has 0 atom stereocenters. The Morgan fingerprint density at radius 2 is 1.21 bits per heavy atom. The Morgan fingerprint density at radius 1 is 0.564 bits per heavy atom. The van der Waals surface area contributed by atoms with Crippen molar-refractivity contribution >= 4 is 59.3 Å². The van der Waals surface area contributed by atoms with Crippen LogP contribution in [0.4, 0.5) is 17.1 Å². The van der Waals surface area contributed by atoms with Crippen molar-refractivity contribution in [1.82, 2.24) is 0 Å². The molecular weight excluding hydrogens is 490 g/mol. The summed E-state index contributed by atoms with van der Waals surface area (Å²) < 4.78 is 2.69. The highest BCUT2D eigenvalue weighted by atomic mass is 32.1. The predicted octanol–water partition coefficient (Wildman–Crippen LogP) is 11.0. The van der Waals surface area contributed by atoms with E-state index in [-0.39, 0.29) is 5.41 Å². The SMILES string of the molecule is CC1(C)c2ccccc2N(c2ccc3cc(-c4cccc5sc6ccccc6c45)ccc3c2)c2ccccc21. The van der Waals surface area contributed by atoms with E-state index in [9.17, 15) is 0 Å². The molecule has 0 bridgehead atoms. The fourth-order valence-electron chi connectivity index (χ4n) is 6.50. The molecule has 0 spiro atoms. The van der Waals surface area contributed by atoms with Crippen molar-refractivity contribution in [3.63, 3.8) is 0 Å². The van der Waals surface area contributed by atoms with Gasteiger partial charge in [-0.05, 0) is 75.5 Å². The average Bonchev–Trinajstić information content (AvgIpc) is 3.36. The lowest BCUT2D eigenvalue weighted by molar-refractivity contribution is 0.632. The van der Waals surface area contributed by atoms with E-state index in [1.165, 1.54) is 70.3 Å². The van der Waals surface area contributed by atoms with E-state index < -0.39 is 0 Å². The molecule has 1 nitrogen and oxygen atoms in total. The van der Waals surface area contributed by atoms with Gasteiger partial charge in [0.2, 0.25) is 0 Å². The highest BCUT2D eigenvalue weighted by Gasteiger charge is 2.36. The van der Waals surface area contributed by atoms with Crippen LogP contribution < -0.4 is 4.90 Å². The minimum Gasteiger partial charge on any atom is -0.310 e. The zero-order valence-corrected chi connectivity index (χ0v) is 22.8. The van der Waals surface area contributed by atoms with Gasteiger partial charge in [0.15, 0.2) is 0 Å². The number of hydrogen-bond acceptors (Lipinski definition) is 2. The monoisotopic (exact) mass is 517 g/mol. The normalized spacial score (nSPS) is 14.1. The molecule has 0 aliphatic carbocycles. The molecule has 1 aliphatic rings. The fraction of sp³-hybridized carbons (Fsp3) is 0.0811. The second-order valence-corrected chi connectivity index (χ2v) is 12.1. The van der Waals surface area contributed by atoms with Gasteiger partial charge < -0.3 is 4.90 Å². The third-order valence-corrected chi connectivity index (χ3v) is 9.57. The molecule has 39 heavy (non-hydrogen) atoms. The summed E-state index contributed by atoms with van der Waals surface area (Å²) in [7, 11) is 0. The third kappa shape index (κ3) is 3.32. The molecule has 1 aliphatic heterocycles. The molecule has 6 aromatic carbocycles. The summed E-state index contributed by atoms with van der Waals surface area (Å²) >= 11 is 1.88. The Morgan fingerprint density at radius 3 is 2.00 bits per heavy atom. The Bertz CT molecular complexity index is 2010. The van der Waals surface area contributed by atoms with Gasteiger partial charge >= 0.3 is 0 Å². The summed E-state index contributed by atoms with van der Waals surface area (Å²) in [6.07, 6.45) is 0. The second kappa shape index (κ2) is 8.30. The Labute approximate surface area is 232 Å². The van der Waals surface area contributed by atoms with Crippen LogP contribution in [0.3, 0.4) is 0 Å². The summed E-state index contributed by atoms with van der Waals surface area (Å²) in [6.45, 7) is 4.67. The van der Waals surface area contributed by atoms with Crippen molar-refractivity contribution in [3.8, 4) is 11.1 Å². The molecule has 0 amide bonds. The van der Waals surface area contributed by atoms with Crippen LogP contribution in [-0.4, -0.2) is 0 Å². The molecule has 186 valence electrons. The van der Waals surface area contributed by atoms with Gasteiger partial charge in [-0.3, -0.25) is 0 Å². The standard InChI is InChI=1S/C37H27NS/c1-37(2)30-12-4-6-14-32(30)38(33-15-7-5-13-31(33)37)27-21-20-24-22-26(19-18-25(24)23-27)28-11-9-17-35-36(28)29-10-3-8-16-34(29)39-35/h3-23H,1-2H3. The van der Waals surface area contributed by atoms with Crippen molar-refractivity contribution in [2.45, 2.75) is 19.3 Å². The van der Waals surface area contributed by atoms with Gasteiger partial charge in [-0.2, -0.15) is 0 Å². The fourth-order valence-corrected chi connectivity index (χ4v) is 7.63. The lowest BCUT2D eigenvalue weighted by atomic mass is 9.73. The first-order chi connectivity index (χ1) is 19.1. The number of rotatable bonds is 2. The van der Waals surface area contributed by atoms with Gasteiger partial charge in [-0.25, -0.2) is 0 Å². The average molecular weight is 518 g/mol. The smallest absolute Gasteiger partial charge is 0.0502 e. The number of benzene rings is 6. The van der Waals surface area contributed by atoms with Crippen LogP contribution in [0.25, 0.3) is 42.1 Å². The van der Waals surface area contributed by atoms with Crippen LogP contribution in [-0.2, 0) is 5.41 Å². The van der Waals surface area contributed by atoms with Crippen molar-refractivity contribution in [2.24, 2.45) is 0 Å². The molecule has 0 unspecified atom stereocenters. The molecule has 0 radical (unpaired) electrons. The van der Waals surface area contributed by atoms with Crippen molar-refractivity contribution in [3.05, 3.63) is 139 Å². The molecule has 2 heteroatoms. The molecule has 2 heterocycles. The number of thiophene rings is 1. The maximum atomic E-state index is 2.43. The highest BCUT2D eigenvalue weighted by Crippen LogP contribution is 2.52. The highest BCUT2D eigenvalue weighted by molar-refractivity contribution is 7.25. The first kappa shape index (κ1) is 22.6. The van der Waals surface area contributed by atoms with Crippen LogP contribution in [0.1, 0.15) is 25.0 Å². The predicted molar refractivity (Wildman–Crippen MR) is 169 cm³/mol. The van der Waals surface area contributed by atoms with Crippen LogP contribution >= 0.6 is 11.3 Å². The van der Waals surface area contributed by atoms with Gasteiger partial charge in [-0.1, -0.05) is 98.8 Å². The van der Waals surface area contributed by atoms with E-state index in [1.807, 2.05) is 11.3 Å².